The lowest BCUT2D eigenvalue weighted by molar-refractivity contribution is -0.158. The fourth-order valence-corrected chi connectivity index (χ4v) is 3.73. The van der Waals surface area contributed by atoms with Crippen LogP contribution in [0.1, 0.15) is 61.6 Å². The number of rotatable bonds is 16. The van der Waals surface area contributed by atoms with Gasteiger partial charge in [-0.15, -0.1) is 0 Å². The van der Waals surface area contributed by atoms with Crippen LogP contribution in [0.5, 0.6) is 0 Å². The first kappa shape index (κ1) is 29.0. The molecule has 6 N–H and O–H groups in total. The molecule has 8 heteroatoms. The topological polar surface area (TPSA) is 137 Å². The fraction of sp³-hybridized carbons (Fsp3) is 0.464. The second-order valence-electron chi connectivity index (χ2n) is 8.97. The Hall–Kier alpha value is -3.23. The van der Waals surface area contributed by atoms with Crippen LogP contribution in [0, 0.1) is 0 Å². The van der Waals surface area contributed by atoms with E-state index in [0.29, 0.717) is 25.9 Å². The van der Waals surface area contributed by atoms with Crippen molar-refractivity contribution in [3.63, 3.8) is 0 Å². The zero-order valence-corrected chi connectivity index (χ0v) is 21.0. The third kappa shape index (κ3) is 12.5. The van der Waals surface area contributed by atoms with Crippen LogP contribution in [0.3, 0.4) is 0 Å². The largest absolute Gasteiger partial charge is 0.355 e. The molecular weight excluding hydrogens is 456 g/mol. The molecule has 0 aromatic heterocycles. The van der Waals surface area contributed by atoms with E-state index in [4.69, 9.17) is 16.3 Å². The summed E-state index contributed by atoms with van der Waals surface area (Å²) < 4.78 is 0. The summed E-state index contributed by atoms with van der Waals surface area (Å²) >= 11 is 0. The number of amides is 2. The van der Waals surface area contributed by atoms with Crippen LogP contribution < -0.4 is 22.3 Å². The van der Waals surface area contributed by atoms with E-state index in [0.717, 1.165) is 44.1 Å². The normalized spacial score (nSPS) is 11.5. The van der Waals surface area contributed by atoms with Gasteiger partial charge in [-0.1, -0.05) is 61.0 Å². The van der Waals surface area contributed by atoms with Gasteiger partial charge in [0.05, 0.1) is 12.5 Å². The van der Waals surface area contributed by atoms with E-state index in [1.54, 1.807) is 0 Å². The van der Waals surface area contributed by atoms with Crippen LogP contribution in [0.15, 0.2) is 54.6 Å². The Balaban J connectivity index is 1.54. The number of carbonyl (C=O) groups is 3. The van der Waals surface area contributed by atoms with Gasteiger partial charge in [0.15, 0.2) is 0 Å². The molecule has 196 valence electrons. The van der Waals surface area contributed by atoms with E-state index in [1.165, 1.54) is 11.1 Å². The number of nitrogens with one attached hydrogen (secondary N) is 2. The summed E-state index contributed by atoms with van der Waals surface area (Å²) in [5.41, 5.74) is 16.9. The minimum Gasteiger partial charge on any atom is -0.355 e. The number of aryl methyl sites for hydroxylation is 2. The Bertz CT molecular complexity index is 919. The third-order valence-corrected chi connectivity index (χ3v) is 5.85. The highest BCUT2D eigenvalue weighted by Crippen LogP contribution is 2.11. The lowest BCUT2D eigenvalue weighted by Crippen LogP contribution is -2.41. The Kier molecular flexibility index (Phi) is 13.9. The second-order valence-corrected chi connectivity index (χ2v) is 8.97. The van der Waals surface area contributed by atoms with Gasteiger partial charge >= 0.3 is 5.97 Å². The molecule has 2 amide bonds. The van der Waals surface area contributed by atoms with Crippen LogP contribution in [-0.4, -0.2) is 36.9 Å². The van der Waals surface area contributed by atoms with E-state index < -0.39 is 17.9 Å². The quantitative estimate of drug-likeness (QED) is 0.208. The van der Waals surface area contributed by atoms with Crippen molar-refractivity contribution in [1.29, 1.82) is 0 Å². The highest BCUT2D eigenvalue weighted by atomic mass is 16.7. The van der Waals surface area contributed by atoms with E-state index in [2.05, 4.69) is 35.1 Å². The number of unbranched alkanes of at least 4 members (excludes halogenated alkanes) is 2. The number of hydroxylamine groups is 1. The van der Waals surface area contributed by atoms with Crippen LogP contribution in [0.2, 0.25) is 0 Å². The SMILES string of the molecule is NCCCCC(N)C(=O)NCCCC(=O)ONC(=O)Cc1ccc(CCCCc2ccccc2)cc1. The zero-order chi connectivity index (χ0) is 26.0. The smallest absolute Gasteiger partial charge is 0.332 e. The molecule has 0 spiro atoms. The molecule has 0 aliphatic carbocycles. The summed E-state index contributed by atoms with van der Waals surface area (Å²) in [4.78, 5) is 40.6. The maximum absolute atomic E-state index is 12.1. The average Bonchev–Trinajstić information content (AvgIpc) is 2.89. The zero-order valence-electron chi connectivity index (χ0n) is 21.0. The summed E-state index contributed by atoms with van der Waals surface area (Å²) in [7, 11) is 0. The molecule has 0 aliphatic rings. The van der Waals surface area contributed by atoms with Gasteiger partial charge in [0, 0.05) is 13.0 Å². The number of hydrogen-bond donors (Lipinski definition) is 4. The lowest BCUT2D eigenvalue weighted by atomic mass is 10.0. The Labute approximate surface area is 214 Å². The van der Waals surface area contributed by atoms with Crippen LogP contribution >= 0.6 is 0 Å². The van der Waals surface area contributed by atoms with Crippen molar-refractivity contribution in [2.75, 3.05) is 13.1 Å². The molecule has 0 radical (unpaired) electrons. The van der Waals surface area contributed by atoms with Gasteiger partial charge in [0.2, 0.25) is 5.91 Å². The molecule has 2 aromatic rings. The molecular formula is C28H40N4O4. The molecule has 0 saturated heterocycles. The van der Waals surface area contributed by atoms with Crippen molar-refractivity contribution in [3.8, 4) is 0 Å². The van der Waals surface area contributed by atoms with Gasteiger partial charge in [-0.2, -0.15) is 5.48 Å². The predicted molar refractivity (Wildman–Crippen MR) is 141 cm³/mol. The highest BCUT2D eigenvalue weighted by Gasteiger charge is 2.13. The summed E-state index contributed by atoms with van der Waals surface area (Å²) in [6, 6.07) is 17.8. The maximum atomic E-state index is 12.1. The second kappa shape index (κ2) is 17.2. The molecule has 2 aromatic carbocycles. The molecule has 0 aliphatic heterocycles. The monoisotopic (exact) mass is 496 g/mol. The third-order valence-electron chi connectivity index (χ3n) is 5.85. The Morgan fingerprint density at radius 2 is 1.44 bits per heavy atom. The molecule has 0 fully saturated rings. The number of benzene rings is 2. The summed E-state index contributed by atoms with van der Waals surface area (Å²) in [6.45, 7) is 0.889. The van der Waals surface area contributed by atoms with Crippen molar-refractivity contribution in [3.05, 3.63) is 71.3 Å². The minimum atomic E-state index is -0.573. The van der Waals surface area contributed by atoms with Crippen molar-refractivity contribution in [1.82, 2.24) is 10.8 Å². The van der Waals surface area contributed by atoms with Crippen molar-refractivity contribution in [2.45, 2.75) is 70.3 Å². The molecule has 36 heavy (non-hydrogen) atoms. The highest BCUT2D eigenvalue weighted by molar-refractivity contribution is 5.81. The van der Waals surface area contributed by atoms with E-state index >= 15 is 0 Å². The minimum absolute atomic E-state index is 0.0714. The summed E-state index contributed by atoms with van der Waals surface area (Å²) in [5, 5.41) is 2.70. The number of nitrogens with two attached hydrogens (primary N) is 2. The van der Waals surface area contributed by atoms with Crippen LogP contribution in [-0.2, 0) is 38.5 Å². The van der Waals surface area contributed by atoms with Gasteiger partial charge in [-0.25, -0.2) is 4.79 Å². The molecule has 8 nitrogen and oxygen atoms in total. The van der Waals surface area contributed by atoms with Crippen molar-refractivity contribution in [2.24, 2.45) is 11.5 Å². The molecule has 0 bridgehead atoms. The molecule has 0 heterocycles. The fourth-order valence-electron chi connectivity index (χ4n) is 3.73. The Morgan fingerprint density at radius 3 is 2.11 bits per heavy atom. The van der Waals surface area contributed by atoms with Gasteiger partial charge in [-0.3, -0.25) is 9.59 Å². The van der Waals surface area contributed by atoms with Crippen LogP contribution in [0.4, 0.5) is 0 Å². The lowest BCUT2D eigenvalue weighted by Gasteiger charge is -2.11. The molecule has 0 saturated carbocycles. The van der Waals surface area contributed by atoms with Crippen LogP contribution in [0.25, 0.3) is 0 Å². The molecule has 1 atom stereocenters. The van der Waals surface area contributed by atoms with Crippen molar-refractivity contribution < 1.29 is 19.2 Å². The van der Waals surface area contributed by atoms with Gasteiger partial charge in [0.25, 0.3) is 5.91 Å². The molecule has 1 unspecified atom stereocenters. The first-order valence-corrected chi connectivity index (χ1v) is 12.8. The number of carbonyl (C=O) groups excluding carboxylic acids is 3. The van der Waals surface area contributed by atoms with E-state index in [1.807, 2.05) is 30.3 Å². The first-order valence-electron chi connectivity index (χ1n) is 12.8. The Morgan fingerprint density at radius 1 is 0.806 bits per heavy atom. The first-order chi connectivity index (χ1) is 17.5. The number of hydrogen-bond acceptors (Lipinski definition) is 6. The average molecular weight is 497 g/mol. The standard InChI is InChI=1S/C28H40N4O4/c29-19-7-6-13-25(30)28(35)31-20-8-14-27(34)36-32-26(33)21-24-17-15-23(16-18-24)12-5-4-11-22-9-2-1-3-10-22/h1-3,9-10,15-18,25H,4-8,11-14,19-21,29-30H2,(H,31,35)(H,32,33). The summed E-state index contributed by atoms with van der Waals surface area (Å²) in [6.07, 6.45) is 7.12. The van der Waals surface area contributed by atoms with Gasteiger partial charge < -0.3 is 21.6 Å². The maximum Gasteiger partial charge on any atom is 0.332 e. The molecule has 2 rings (SSSR count). The van der Waals surface area contributed by atoms with Crippen molar-refractivity contribution >= 4 is 17.8 Å². The predicted octanol–water partition coefficient (Wildman–Crippen LogP) is 2.72. The van der Waals surface area contributed by atoms with Gasteiger partial charge in [0.1, 0.15) is 0 Å². The van der Waals surface area contributed by atoms with E-state index in [-0.39, 0.29) is 18.7 Å². The van der Waals surface area contributed by atoms with Gasteiger partial charge in [-0.05, 0) is 68.2 Å². The summed E-state index contributed by atoms with van der Waals surface area (Å²) in [5.74, 6) is -1.20. The van der Waals surface area contributed by atoms with E-state index in [9.17, 15) is 14.4 Å².